The first-order valence-electron chi connectivity index (χ1n) is 6.29. The lowest BCUT2D eigenvalue weighted by molar-refractivity contribution is 0.395. The quantitative estimate of drug-likeness (QED) is 0.628. The van der Waals surface area contributed by atoms with Gasteiger partial charge in [0.2, 0.25) is 0 Å². The molecule has 0 amide bonds. The average Bonchev–Trinajstić information content (AvgIpc) is 2.53. The second-order valence-electron chi connectivity index (χ2n) is 4.10. The molecule has 0 atom stereocenters. The number of rotatable bonds is 6. The van der Waals surface area contributed by atoms with Crippen LogP contribution in [0.3, 0.4) is 0 Å². The van der Waals surface area contributed by atoms with E-state index in [-0.39, 0.29) is 0 Å². The van der Waals surface area contributed by atoms with Crippen molar-refractivity contribution in [1.29, 1.82) is 0 Å². The number of thioether (sulfide) groups is 1. The molecule has 2 rings (SSSR count). The van der Waals surface area contributed by atoms with E-state index in [4.69, 9.17) is 9.47 Å². The van der Waals surface area contributed by atoms with Crippen LogP contribution in [0.4, 0.5) is 17.3 Å². The first kappa shape index (κ1) is 15.2. The van der Waals surface area contributed by atoms with Crippen molar-refractivity contribution >= 4 is 29.1 Å². The Kier molecular flexibility index (Phi) is 5.10. The van der Waals surface area contributed by atoms with Gasteiger partial charge in [-0.15, -0.1) is 0 Å². The summed E-state index contributed by atoms with van der Waals surface area (Å²) in [5, 5.41) is 6.95. The molecule has 1 heterocycles. The molecule has 0 radical (unpaired) electrons. The maximum Gasteiger partial charge on any atom is 0.191 e. The molecule has 0 spiro atoms. The van der Waals surface area contributed by atoms with Crippen molar-refractivity contribution in [2.24, 2.45) is 0 Å². The van der Waals surface area contributed by atoms with Gasteiger partial charge in [0.1, 0.15) is 23.1 Å². The van der Waals surface area contributed by atoms with E-state index in [1.807, 2.05) is 37.6 Å². The highest BCUT2D eigenvalue weighted by Crippen LogP contribution is 2.28. The molecule has 2 N–H and O–H groups in total. The number of hydrogen-bond donors (Lipinski definition) is 2. The van der Waals surface area contributed by atoms with Crippen LogP contribution in [-0.2, 0) is 0 Å². The summed E-state index contributed by atoms with van der Waals surface area (Å²) in [4.78, 5) is 8.76. The third kappa shape index (κ3) is 3.91. The molecule has 0 aliphatic carbocycles. The molecule has 112 valence electrons. The minimum atomic E-state index is 0.694. The van der Waals surface area contributed by atoms with Crippen LogP contribution < -0.4 is 20.1 Å². The predicted octanol–water partition coefficient (Wildman–Crippen LogP) is 3.00. The molecule has 21 heavy (non-hydrogen) atoms. The molecule has 0 fully saturated rings. The molecule has 0 saturated carbocycles. The number of anilines is 3. The summed E-state index contributed by atoms with van der Waals surface area (Å²) >= 11 is 1.49. The minimum Gasteiger partial charge on any atom is -0.497 e. The lowest BCUT2D eigenvalue weighted by Gasteiger charge is -2.11. The van der Waals surface area contributed by atoms with E-state index >= 15 is 0 Å². The molecule has 0 aliphatic heterocycles. The maximum absolute atomic E-state index is 5.26. The van der Waals surface area contributed by atoms with Gasteiger partial charge in [-0.05, 0) is 6.26 Å². The number of methoxy groups -OCH3 is 2. The minimum absolute atomic E-state index is 0.694. The molecule has 7 heteroatoms. The van der Waals surface area contributed by atoms with Gasteiger partial charge in [-0.3, -0.25) is 0 Å². The summed E-state index contributed by atoms with van der Waals surface area (Å²) < 4.78 is 10.5. The van der Waals surface area contributed by atoms with Crippen LogP contribution in [0, 0.1) is 0 Å². The summed E-state index contributed by atoms with van der Waals surface area (Å²) in [5.41, 5.74) is 0.832. The SMILES string of the molecule is CNc1cc(Nc2cc(OC)cc(OC)c2)nc(SC)n1. The smallest absolute Gasteiger partial charge is 0.191 e. The molecule has 1 aromatic carbocycles. The first-order valence-corrected chi connectivity index (χ1v) is 7.52. The highest BCUT2D eigenvalue weighted by atomic mass is 32.2. The third-order valence-corrected chi connectivity index (χ3v) is 3.32. The largest absolute Gasteiger partial charge is 0.497 e. The molecule has 0 saturated heterocycles. The van der Waals surface area contributed by atoms with Crippen LogP contribution in [-0.4, -0.2) is 37.5 Å². The second kappa shape index (κ2) is 7.03. The van der Waals surface area contributed by atoms with E-state index in [1.165, 1.54) is 11.8 Å². The van der Waals surface area contributed by atoms with E-state index in [1.54, 1.807) is 14.2 Å². The second-order valence-corrected chi connectivity index (χ2v) is 4.87. The van der Waals surface area contributed by atoms with Crippen molar-refractivity contribution in [3.05, 3.63) is 24.3 Å². The Labute approximate surface area is 128 Å². The average molecular weight is 306 g/mol. The Balaban J connectivity index is 2.32. The van der Waals surface area contributed by atoms with Crippen LogP contribution in [0.25, 0.3) is 0 Å². The molecule has 0 unspecified atom stereocenters. The molecule has 2 aromatic rings. The van der Waals surface area contributed by atoms with Gasteiger partial charge in [-0.25, -0.2) is 9.97 Å². The van der Waals surface area contributed by atoms with Gasteiger partial charge >= 0.3 is 0 Å². The third-order valence-electron chi connectivity index (χ3n) is 2.77. The number of aromatic nitrogens is 2. The normalized spacial score (nSPS) is 10.1. The zero-order valence-electron chi connectivity index (χ0n) is 12.4. The van der Waals surface area contributed by atoms with Crippen molar-refractivity contribution in [1.82, 2.24) is 9.97 Å². The fourth-order valence-corrected chi connectivity index (χ4v) is 2.12. The zero-order chi connectivity index (χ0) is 15.2. The number of hydrogen-bond acceptors (Lipinski definition) is 7. The number of nitrogens with one attached hydrogen (secondary N) is 2. The van der Waals surface area contributed by atoms with Gasteiger partial charge in [-0.1, -0.05) is 11.8 Å². The summed E-state index contributed by atoms with van der Waals surface area (Å²) in [6.07, 6.45) is 1.94. The molecule has 1 aromatic heterocycles. The van der Waals surface area contributed by atoms with Crippen LogP contribution in [0.15, 0.2) is 29.4 Å². The van der Waals surface area contributed by atoms with Gasteiger partial charge in [0, 0.05) is 37.0 Å². The van der Waals surface area contributed by atoms with Crippen molar-refractivity contribution in [3.8, 4) is 11.5 Å². The summed E-state index contributed by atoms with van der Waals surface area (Å²) in [7, 11) is 5.06. The van der Waals surface area contributed by atoms with Gasteiger partial charge in [0.05, 0.1) is 14.2 Å². The van der Waals surface area contributed by atoms with E-state index < -0.39 is 0 Å². The van der Waals surface area contributed by atoms with Crippen molar-refractivity contribution in [2.45, 2.75) is 5.16 Å². The van der Waals surface area contributed by atoms with Gasteiger partial charge < -0.3 is 20.1 Å². The van der Waals surface area contributed by atoms with Crippen LogP contribution in [0.2, 0.25) is 0 Å². The maximum atomic E-state index is 5.26. The van der Waals surface area contributed by atoms with E-state index in [0.29, 0.717) is 22.5 Å². The van der Waals surface area contributed by atoms with Crippen molar-refractivity contribution < 1.29 is 9.47 Å². The molecule has 6 nitrogen and oxygen atoms in total. The summed E-state index contributed by atoms with van der Waals surface area (Å²) in [5.74, 6) is 2.88. The molecular formula is C14H18N4O2S. The van der Waals surface area contributed by atoms with Crippen molar-refractivity contribution in [2.75, 3.05) is 38.2 Å². The van der Waals surface area contributed by atoms with Crippen LogP contribution in [0.1, 0.15) is 0 Å². The zero-order valence-corrected chi connectivity index (χ0v) is 13.2. The Morgan fingerprint density at radius 1 is 0.952 bits per heavy atom. The molecule has 0 bridgehead atoms. The Morgan fingerprint density at radius 3 is 2.10 bits per heavy atom. The highest BCUT2D eigenvalue weighted by Gasteiger charge is 2.06. The summed E-state index contributed by atoms with van der Waals surface area (Å²) in [6.45, 7) is 0. The lowest BCUT2D eigenvalue weighted by Crippen LogP contribution is -2.01. The Hall–Kier alpha value is -2.15. The Bertz CT molecular complexity index is 524. The fourth-order valence-electron chi connectivity index (χ4n) is 1.74. The lowest BCUT2D eigenvalue weighted by atomic mass is 10.2. The van der Waals surface area contributed by atoms with Gasteiger partial charge in [-0.2, -0.15) is 0 Å². The number of benzene rings is 1. The van der Waals surface area contributed by atoms with E-state index in [0.717, 1.165) is 11.5 Å². The fraction of sp³-hybridized carbons (Fsp3) is 0.286. The van der Waals surface area contributed by atoms with Crippen molar-refractivity contribution in [3.63, 3.8) is 0 Å². The first-order chi connectivity index (χ1) is 10.2. The van der Waals surface area contributed by atoms with Crippen LogP contribution in [0.5, 0.6) is 11.5 Å². The monoisotopic (exact) mass is 306 g/mol. The van der Waals surface area contributed by atoms with Gasteiger partial charge in [0.15, 0.2) is 5.16 Å². The van der Waals surface area contributed by atoms with E-state index in [9.17, 15) is 0 Å². The van der Waals surface area contributed by atoms with Crippen LogP contribution >= 0.6 is 11.8 Å². The highest BCUT2D eigenvalue weighted by molar-refractivity contribution is 7.98. The standard InChI is InChI=1S/C14H18N4O2S/c1-15-12-8-13(18-14(17-12)21-4)16-9-5-10(19-2)7-11(6-9)20-3/h5-8H,1-4H3,(H2,15,16,17,18). The van der Waals surface area contributed by atoms with E-state index in [2.05, 4.69) is 20.6 Å². The number of ether oxygens (including phenoxy) is 2. The Morgan fingerprint density at radius 2 is 1.57 bits per heavy atom. The topological polar surface area (TPSA) is 68.3 Å². The molecular weight excluding hydrogens is 288 g/mol. The number of nitrogens with zero attached hydrogens (tertiary/aromatic N) is 2. The summed E-state index contributed by atoms with van der Waals surface area (Å²) in [6, 6.07) is 7.41. The van der Waals surface area contributed by atoms with Gasteiger partial charge in [0.25, 0.3) is 0 Å². The predicted molar refractivity (Wildman–Crippen MR) is 86.2 cm³/mol. The molecule has 0 aliphatic rings.